The van der Waals surface area contributed by atoms with E-state index in [2.05, 4.69) is 15.6 Å². The monoisotopic (exact) mass is 245 g/mol. The molecule has 0 saturated heterocycles. The van der Waals surface area contributed by atoms with Gasteiger partial charge in [-0.1, -0.05) is 0 Å². The topological polar surface area (TPSA) is 37.0 Å². The second-order valence-corrected chi connectivity index (χ2v) is 4.56. The predicted octanol–water partition coefficient (Wildman–Crippen LogP) is 3.11. The second kappa shape index (κ2) is 3.78. The van der Waals surface area contributed by atoms with Crippen LogP contribution in [0.5, 0.6) is 0 Å². The number of nitrogens with one attached hydrogen (secondary N) is 2. The van der Waals surface area contributed by atoms with Gasteiger partial charge in [0, 0.05) is 12.6 Å². The molecule has 0 spiro atoms. The molecule has 0 aromatic carbocycles. The van der Waals surface area contributed by atoms with Crippen molar-refractivity contribution in [3.05, 3.63) is 17.7 Å². The first-order chi connectivity index (χ1) is 7.82. The molecule has 3 nitrogen and oxygen atoms in total. The molecule has 1 aliphatic rings. The Bertz CT molecular complexity index is 424. The van der Waals surface area contributed by atoms with Crippen LogP contribution in [0, 0.1) is 0 Å². The third kappa shape index (κ3) is 2.81. The van der Waals surface area contributed by atoms with Crippen molar-refractivity contribution in [1.82, 2.24) is 4.98 Å². The van der Waals surface area contributed by atoms with Gasteiger partial charge in [-0.2, -0.15) is 13.2 Å². The maximum absolute atomic E-state index is 12.6. The normalized spacial score (nSPS) is 17.7. The predicted molar refractivity (Wildman–Crippen MR) is 60.0 cm³/mol. The fourth-order valence-corrected chi connectivity index (χ4v) is 1.51. The van der Waals surface area contributed by atoms with Crippen LogP contribution in [0.2, 0.25) is 0 Å². The van der Waals surface area contributed by atoms with Gasteiger partial charge in [0.25, 0.3) is 0 Å². The standard InChI is InChI=1S/C11H14F3N3/c1-10(3-4-10)17-9-6-7(11(12,13)14)5-8(15-2)16-9/h5-6H,3-4H2,1-2H3,(H2,15,16,17). The zero-order chi connectivity index (χ0) is 12.7. The molecule has 0 bridgehead atoms. The number of nitrogens with zero attached hydrogens (tertiary/aromatic N) is 1. The van der Waals surface area contributed by atoms with Crippen molar-refractivity contribution in [2.75, 3.05) is 17.7 Å². The minimum Gasteiger partial charge on any atom is -0.373 e. The molecule has 2 N–H and O–H groups in total. The molecule has 0 amide bonds. The minimum atomic E-state index is -4.35. The molecule has 94 valence electrons. The van der Waals surface area contributed by atoms with Crippen LogP contribution in [0.4, 0.5) is 24.8 Å². The Hall–Kier alpha value is -1.46. The number of pyridine rings is 1. The zero-order valence-corrected chi connectivity index (χ0v) is 9.65. The lowest BCUT2D eigenvalue weighted by Crippen LogP contribution is -2.18. The third-order valence-electron chi connectivity index (χ3n) is 2.84. The van der Waals surface area contributed by atoms with Crippen molar-refractivity contribution in [2.45, 2.75) is 31.5 Å². The molecule has 0 atom stereocenters. The van der Waals surface area contributed by atoms with E-state index in [4.69, 9.17) is 0 Å². The molecular formula is C11H14F3N3. The van der Waals surface area contributed by atoms with Crippen molar-refractivity contribution < 1.29 is 13.2 Å². The van der Waals surface area contributed by atoms with Gasteiger partial charge in [0.15, 0.2) is 0 Å². The average molecular weight is 245 g/mol. The Morgan fingerprint density at radius 2 is 1.82 bits per heavy atom. The van der Waals surface area contributed by atoms with Crippen molar-refractivity contribution in [1.29, 1.82) is 0 Å². The number of aromatic nitrogens is 1. The number of anilines is 2. The summed E-state index contributed by atoms with van der Waals surface area (Å²) >= 11 is 0. The molecule has 1 fully saturated rings. The minimum absolute atomic E-state index is 0.0950. The maximum Gasteiger partial charge on any atom is 0.416 e. The highest BCUT2D eigenvalue weighted by atomic mass is 19.4. The number of rotatable bonds is 3. The van der Waals surface area contributed by atoms with Crippen LogP contribution in [0.1, 0.15) is 25.3 Å². The first kappa shape index (κ1) is 12.0. The Balaban J connectivity index is 2.31. The summed E-state index contributed by atoms with van der Waals surface area (Å²) in [5.41, 5.74) is -0.786. The van der Waals surface area contributed by atoms with Gasteiger partial charge < -0.3 is 10.6 Å². The van der Waals surface area contributed by atoms with Gasteiger partial charge >= 0.3 is 6.18 Å². The van der Waals surface area contributed by atoms with E-state index >= 15 is 0 Å². The van der Waals surface area contributed by atoms with Gasteiger partial charge in [0.2, 0.25) is 0 Å². The summed E-state index contributed by atoms with van der Waals surface area (Å²) in [7, 11) is 1.55. The summed E-state index contributed by atoms with van der Waals surface area (Å²) in [6.45, 7) is 1.97. The first-order valence-electron chi connectivity index (χ1n) is 5.38. The van der Waals surface area contributed by atoms with Gasteiger partial charge in [-0.05, 0) is 31.9 Å². The van der Waals surface area contributed by atoms with Crippen LogP contribution >= 0.6 is 0 Å². The number of hydrogen-bond acceptors (Lipinski definition) is 3. The second-order valence-electron chi connectivity index (χ2n) is 4.56. The van der Waals surface area contributed by atoms with E-state index in [1.54, 1.807) is 7.05 Å². The van der Waals surface area contributed by atoms with Crippen LogP contribution in [-0.4, -0.2) is 17.6 Å². The Morgan fingerprint density at radius 3 is 2.29 bits per heavy atom. The van der Waals surface area contributed by atoms with E-state index in [0.29, 0.717) is 0 Å². The van der Waals surface area contributed by atoms with E-state index in [1.165, 1.54) is 0 Å². The van der Waals surface area contributed by atoms with E-state index in [1.807, 2.05) is 6.92 Å². The molecule has 6 heteroatoms. The first-order valence-corrected chi connectivity index (χ1v) is 5.38. The smallest absolute Gasteiger partial charge is 0.373 e. The van der Waals surface area contributed by atoms with Gasteiger partial charge in [0.05, 0.1) is 5.56 Å². The summed E-state index contributed by atoms with van der Waals surface area (Å²) in [4.78, 5) is 4.07. The lowest BCUT2D eigenvalue weighted by atomic mass is 10.2. The quantitative estimate of drug-likeness (QED) is 0.859. The lowest BCUT2D eigenvalue weighted by Gasteiger charge is -2.15. The summed E-state index contributed by atoms with van der Waals surface area (Å²) in [6, 6.07) is 2.05. The molecule has 17 heavy (non-hydrogen) atoms. The fourth-order valence-electron chi connectivity index (χ4n) is 1.51. The summed E-state index contributed by atoms with van der Waals surface area (Å²) in [5, 5.41) is 5.66. The molecule has 1 aromatic rings. The molecule has 1 heterocycles. The van der Waals surface area contributed by atoms with Gasteiger partial charge in [-0.15, -0.1) is 0 Å². The third-order valence-corrected chi connectivity index (χ3v) is 2.84. The largest absolute Gasteiger partial charge is 0.416 e. The van der Waals surface area contributed by atoms with Crippen LogP contribution < -0.4 is 10.6 Å². The Morgan fingerprint density at radius 1 is 1.24 bits per heavy atom. The van der Waals surface area contributed by atoms with E-state index in [9.17, 15) is 13.2 Å². The number of halogens is 3. The molecule has 0 unspecified atom stereocenters. The van der Waals surface area contributed by atoms with Gasteiger partial charge in [-0.3, -0.25) is 0 Å². The molecule has 0 aliphatic heterocycles. The maximum atomic E-state index is 12.6. The highest BCUT2D eigenvalue weighted by Gasteiger charge is 2.38. The van der Waals surface area contributed by atoms with Crippen LogP contribution in [0.3, 0.4) is 0 Å². The molecular weight excluding hydrogens is 231 g/mol. The lowest BCUT2D eigenvalue weighted by molar-refractivity contribution is -0.137. The molecule has 2 rings (SSSR count). The van der Waals surface area contributed by atoms with Crippen LogP contribution in [-0.2, 0) is 6.18 Å². The van der Waals surface area contributed by atoms with Crippen molar-refractivity contribution in [2.24, 2.45) is 0 Å². The van der Waals surface area contributed by atoms with Crippen LogP contribution in [0.15, 0.2) is 12.1 Å². The fraction of sp³-hybridized carbons (Fsp3) is 0.545. The Labute approximate surface area is 97.4 Å². The highest BCUT2D eigenvalue weighted by Crippen LogP contribution is 2.39. The van der Waals surface area contributed by atoms with Gasteiger partial charge in [-0.25, -0.2) is 4.98 Å². The van der Waals surface area contributed by atoms with E-state index in [-0.39, 0.29) is 17.2 Å². The Kier molecular flexibility index (Phi) is 2.67. The van der Waals surface area contributed by atoms with Crippen molar-refractivity contribution in [3.63, 3.8) is 0 Å². The number of hydrogen-bond donors (Lipinski definition) is 2. The molecule has 1 aliphatic carbocycles. The summed E-state index contributed by atoms with van der Waals surface area (Å²) in [5.74, 6) is 0.482. The molecule has 0 radical (unpaired) electrons. The molecule has 1 saturated carbocycles. The average Bonchev–Trinajstić information content (AvgIpc) is 2.94. The summed E-state index contributed by atoms with van der Waals surface area (Å²) in [6.07, 6.45) is -2.44. The summed E-state index contributed by atoms with van der Waals surface area (Å²) < 4.78 is 37.9. The molecule has 1 aromatic heterocycles. The number of alkyl halides is 3. The SMILES string of the molecule is CNc1cc(C(F)(F)F)cc(NC2(C)CC2)n1. The van der Waals surface area contributed by atoms with Gasteiger partial charge in [0.1, 0.15) is 11.6 Å². The highest BCUT2D eigenvalue weighted by molar-refractivity contribution is 5.51. The van der Waals surface area contributed by atoms with Crippen molar-refractivity contribution in [3.8, 4) is 0 Å². The van der Waals surface area contributed by atoms with E-state index in [0.717, 1.165) is 25.0 Å². The van der Waals surface area contributed by atoms with E-state index < -0.39 is 11.7 Å². The van der Waals surface area contributed by atoms with Crippen molar-refractivity contribution >= 4 is 11.6 Å². The zero-order valence-electron chi connectivity index (χ0n) is 9.65. The van der Waals surface area contributed by atoms with Crippen LogP contribution in [0.25, 0.3) is 0 Å².